The molecule has 0 saturated carbocycles. The topological polar surface area (TPSA) is 67.6 Å². The molecule has 3 N–H and O–H groups in total. The Bertz CT molecular complexity index is 419. The summed E-state index contributed by atoms with van der Waals surface area (Å²) in [7, 11) is 0. The van der Waals surface area contributed by atoms with Crippen LogP contribution in [0.5, 0.6) is 0 Å². The number of hydrogen-bond acceptors (Lipinski definition) is 4. The van der Waals surface area contributed by atoms with Gasteiger partial charge in [-0.05, 0) is 24.9 Å². The number of carbonyl (C=O) groups is 1. The van der Waals surface area contributed by atoms with Gasteiger partial charge in [0.2, 0.25) is 5.91 Å². The molecule has 0 bridgehead atoms. The zero-order chi connectivity index (χ0) is 14.9. The van der Waals surface area contributed by atoms with E-state index in [1.807, 2.05) is 30.3 Å². The van der Waals surface area contributed by atoms with E-state index in [0.29, 0.717) is 6.54 Å². The van der Waals surface area contributed by atoms with Crippen LogP contribution in [0.25, 0.3) is 0 Å². The highest BCUT2D eigenvalue weighted by molar-refractivity contribution is 5.82. The van der Waals surface area contributed by atoms with Gasteiger partial charge < -0.3 is 15.8 Å². The summed E-state index contributed by atoms with van der Waals surface area (Å²) in [4.78, 5) is 14.3. The Kier molecular flexibility index (Phi) is 6.66. The lowest BCUT2D eigenvalue weighted by molar-refractivity contribution is -0.122. The monoisotopic (exact) mass is 291 g/mol. The average molecular weight is 291 g/mol. The van der Waals surface area contributed by atoms with E-state index in [2.05, 4.69) is 10.2 Å². The van der Waals surface area contributed by atoms with Crippen LogP contribution < -0.4 is 11.1 Å². The van der Waals surface area contributed by atoms with Crippen LogP contribution in [0, 0.1) is 0 Å². The molecule has 116 valence electrons. The van der Waals surface area contributed by atoms with Crippen LogP contribution >= 0.6 is 0 Å². The Balaban J connectivity index is 1.58. The summed E-state index contributed by atoms with van der Waals surface area (Å²) in [5, 5.41) is 2.91. The van der Waals surface area contributed by atoms with Gasteiger partial charge >= 0.3 is 0 Å². The van der Waals surface area contributed by atoms with Gasteiger partial charge in [-0.25, -0.2) is 0 Å². The molecule has 0 aliphatic carbocycles. The maximum atomic E-state index is 11.9. The lowest BCUT2D eigenvalue weighted by Gasteiger charge is -2.26. The number of carbonyl (C=O) groups excluding carboxylic acids is 1. The number of nitrogens with two attached hydrogens (primary N) is 1. The van der Waals surface area contributed by atoms with Crippen molar-refractivity contribution in [3.05, 3.63) is 35.9 Å². The Morgan fingerprint density at radius 3 is 2.67 bits per heavy atom. The predicted octanol–water partition coefficient (Wildman–Crippen LogP) is 0.915. The van der Waals surface area contributed by atoms with Gasteiger partial charge in [-0.15, -0.1) is 0 Å². The zero-order valence-corrected chi connectivity index (χ0v) is 12.5. The predicted molar refractivity (Wildman–Crippen MR) is 82.9 cm³/mol. The van der Waals surface area contributed by atoms with Crippen LogP contribution in [0.1, 0.15) is 24.4 Å². The largest absolute Gasteiger partial charge is 0.379 e. The Labute approximate surface area is 126 Å². The number of unbranched alkanes of at least 4 members (excludes halogenated alkanes) is 1. The summed E-state index contributed by atoms with van der Waals surface area (Å²) in [6, 6.07) is 8.88. The van der Waals surface area contributed by atoms with E-state index in [9.17, 15) is 4.79 Å². The number of rotatable bonds is 7. The maximum Gasteiger partial charge on any atom is 0.241 e. The van der Waals surface area contributed by atoms with Gasteiger partial charge in [0.1, 0.15) is 6.04 Å². The summed E-state index contributed by atoms with van der Waals surface area (Å²) in [6.07, 6.45) is 2.06. The van der Waals surface area contributed by atoms with Gasteiger partial charge in [0, 0.05) is 19.6 Å². The third-order valence-electron chi connectivity index (χ3n) is 3.75. The third-order valence-corrected chi connectivity index (χ3v) is 3.75. The fourth-order valence-corrected chi connectivity index (χ4v) is 2.42. The van der Waals surface area contributed by atoms with E-state index in [0.717, 1.165) is 51.3 Å². The second-order valence-electron chi connectivity index (χ2n) is 5.34. The van der Waals surface area contributed by atoms with Gasteiger partial charge in [-0.1, -0.05) is 30.3 Å². The molecule has 1 heterocycles. The number of amides is 1. The standard InChI is InChI=1S/C16H25N3O2/c17-15(14-6-2-1-3-7-14)16(20)18-8-4-5-9-19-10-12-21-13-11-19/h1-3,6-7,15H,4-5,8-13,17H2,(H,18,20). The van der Waals surface area contributed by atoms with E-state index < -0.39 is 6.04 Å². The van der Waals surface area contributed by atoms with E-state index >= 15 is 0 Å². The van der Waals surface area contributed by atoms with Crippen molar-refractivity contribution < 1.29 is 9.53 Å². The van der Waals surface area contributed by atoms with Crippen molar-refractivity contribution in [2.24, 2.45) is 5.73 Å². The molecule has 1 aliphatic rings. The van der Waals surface area contributed by atoms with Crippen molar-refractivity contribution in [1.82, 2.24) is 10.2 Å². The molecule has 1 aromatic rings. The van der Waals surface area contributed by atoms with Crippen molar-refractivity contribution in [1.29, 1.82) is 0 Å². The Morgan fingerprint density at radius 1 is 1.24 bits per heavy atom. The second kappa shape index (κ2) is 8.77. The minimum Gasteiger partial charge on any atom is -0.379 e. The average Bonchev–Trinajstić information content (AvgIpc) is 2.55. The highest BCUT2D eigenvalue weighted by Crippen LogP contribution is 2.09. The molecule has 2 rings (SSSR count). The Hall–Kier alpha value is -1.43. The first-order valence-corrected chi connectivity index (χ1v) is 7.66. The maximum absolute atomic E-state index is 11.9. The van der Waals surface area contributed by atoms with Crippen LogP contribution in [0.2, 0.25) is 0 Å². The molecular weight excluding hydrogens is 266 g/mol. The molecule has 1 amide bonds. The van der Waals surface area contributed by atoms with E-state index in [4.69, 9.17) is 10.5 Å². The highest BCUT2D eigenvalue weighted by Gasteiger charge is 2.14. The Morgan fingerprint density at radius 2 is 1.95 bits per heavy atom. The summed E-state index contributed by atoms with van der Waals surface area (Å²) < 4.78 is 5.31. The molecule has 1 aromatic carbocycles. The normalized spacial score (nSPS) is 17.4. The number of nitrogens with zero attached hydrogens (tertiary/aromatic N) is 1. The van der Waals surface area contributed by atoms with Crippen molar-refractivity contribution in [3.8, 4) is 0 Å². The number of nitrogens with one attached hydrogen (secondary N) is 1. The van der Waals surface area contributed by atoms with Gasteiger partial charge in [0.15, 0.2) is 0 Å². The van der Waals surface area contributed by atoms with Crippen molar-refractivity contribution in [2.45, 2.75) is 18.9 Å². The second-order valence-corrected chi connectivity index (χ2v) is 5.34. The quantitative estimate of drug-likeness (QED) is 0.733. The van der Waals surface area contributed by atoms with Crippen LogP contribution in [-0.2, 0) is 9.53 Å². The number of hydrogen-bond donors (Lipinski definition) is 2. The van der Waals surface area contributed by atoms with Crippen molar-refractivity contribution >= 4 is 5.91 Å². The lowest BCUT2D eigenvalue weighted by atomic mass is 10.1. The van der Waals surface area contributed by atoms with Crippen LogP contribution in [-0.4, -0.2) is 50.2 Å². The fraction of sp³-hybridized carbons (Fsp3) is 0.562. The molecule has 1 fully saturated rings. The van der Waals surface area contributed by atoms with Gasteiger partial charge in [0.05, 0.1) is 13.2 Å². The molecule has 5 nitrogen and oxygen atoms in total. The smallest absolute Gasteiger partial charge is 0.241 e. The number of morpholine rings is 1. The molecular formula is C16H25N3O2. The van der Waals surface area contributed by atoms with E-state index in [1.54, 1.807) is 0 Å². The summed E-state index contributed by atoms with van der Waals surface area (Å²) in [6.45, 7) is 5.47. The minimum atomic E-state index is -0.578. The van der Waals surface area contributed by atoms with Crippen molar-refractivity contribution in [3.63, 3.8) is 0 Å². The lowest BCUT2D eigenvalue weighted by Crippen LogP contribution is -2.37. The first-order chi connectivity index (χ1) is 10.3. The van der Waals surface area contributed by atoms with Crippen LogP contribution in [0.15, 0.2) is 30.3 Å². The first kappa shape index (κ1) is 15.9. The van der Waals surface area contributed by atoms with Crippen LogP contribution in [0.4, 0.5) is 0 Å². The molecule has 1 aliphatic heterocycles. The summed E-state index contributed by atoms with van der Waals surface area (Å²) >= 11 is 0. The zero-order valence-electron chi connectivity index (χ0n) is 12.5. The summed E-state index contributed by atoms with van der Waals surface area (Å²) in [5.74, 6) is -0.104. The SMILES string of the molecule is NC(C(=O)NCCCCN1CCOCC1)c1ccccc1. The van der Waals surface area contributed by atoms with E-state index in [1.165, 1.54) is 0 Å². The third kappa shape index (κ3) is 5.46. The first-order valence-electron chi connectivity index (χ1n) is 7.66. The van der Waals surface area contributed by atoms with Crippen molar-refractivity contribution in [2.75, 3.05) is 39.4 Å². The minimum absolute atomic E-state index is 0.104. The van der Waals surface area contributed by atoms with Gasteiger partial charge in [-0.3, -0.25) is 9.69 Å². The summed E-state index contributed by atoms with van der Waals surface area (Å²) in [5.41, 5.74) is 6.79. The molecule has 1 atom stereocenters. The molecule has 21 heavy (non-hydrogen) atoms. The highest BCUT2D eigenvalue weighted by atomic mass is 16.5. The number of ether oxygens (including phenoxy) is 1. The van der Waals surface area contributed by atoms with E-state index in [-0.39, 0.29) is 5.91 Å². The molecule has 1 unspecified atom stereocenters. The van der Waals surface area contributed by atoms with Crippen LogP contribution in [0.3, 0.4) is 0 Å². The molecule has 0 aromatic heterocycles. The fourth-order valence-electron chi connectivity index (χ4n) is 2.42. The molecule has 0 spiro atoms. The molecule has 5 heteroatoms. The molecule has 0 radical (unpaired) electrons. The molecule has 1 saturated heterocycles. The number of benzene rings is 1. The van der Waals surface area contributed by atoms with Gasteiger partial charge in [-0.2, -0.15) is 0 Å². The van der Waals surface area contributed by atoms with Gasteiger partial charge in [0.25, 0.3) is 0 Å².